The van der Waals surface area contributed by atoms with E-state index in [1.54, 1.807) is 11.6 Å². The summed E-state index contributed by atoms with van der Waals surface area (Å²) in [6.07, 6.45) is 0. The predicted molar refractivity (Wildman–Crippen MR) is 58.4 cm³/mol. The van der Waals surface area contributed by atoms with E-state index < -0.39 is 0 Å². The highest BCUT2D eigenvalue weighted by atomic mass is 79.9. The number of imide groups is 1. The van der Waals surface area contributed by atoms with Crippen molar-refractivity contribution in [3.05, 3.63) is 23.4 Å². The normalized spacial score (nSPS) is 21.0. The van der Waals surface area contributed by atoms with Crippen molar-refractivity contribution in [2.75, 3.05) is 5.33 Å². The molecule has 0 aliphatic carbocycles. The standard InChI is InChI=1S/C10H10BrN2O2/c1-5-7(3)12-8(4-11)6(2)10(15)13(12)9(5)14/h2,4H2,1,3H3/q+1. The number of hydrazone groups is 1. The molecule has 78 valence electrons. The van der Waals surface area contributed by atoms with Crippen LogP contribution in [-0.2, 0) is 9.59 Å². The summed E-state index contributed by atoms with van der Waals surface area (Å²) < 4.78 is 1.64. The fourth-order valence-corrected chi connectivity index (χ4v) is 2.31. The van der Waals surface area contributed by atoms with Gasteiger partial charge in [-0.1, -0.05) is 27.2 Å². The van der Waals surface area contributed by atoms with Crippen LogP contribution in [0.25, 0.3) is 0 Å². The number of hydrogen-bond donors (Lipinski definition) is 0. The van der Waals surface area contributed by atoms with Crippen LogP contribution in [0.4, 0.5) is 0 Å². The van der Waals surface area contributed by atoms with Crippen molar-refractivity contribution in [3.8, 4) is 0 Å². The molecule has 5 heteroatoms. The first-order chi connectivity index (χ1) is 7.00. The number of fused-ring (bicyclic) bond motifs is 1. The zero-order chi connectivity index (χ0) is 11.3. The molecule has 0 aromatic carbocycles. The van der Waals surface area contributed by atoms with Crippen LogP contribution in [0.1, 0.15) is 13.8 Å². The van der Waals surface area contributed by atoms with Crippen LogP contribution in [-0.4, -0.2) is 32.5 Å². The van der Waals surface area contributed by atoms with Gasteiger partial charge in [0.1, 0.15) is 5.57 Å². The summed E-state index contributed by atoms with van der Waals surface area (Å²) in [4.78, 5) is 23.5. The maximum atomic E-state index is 11.8. The minimum absolute atomic E-state index is 0.255. The molecule has 0 aromatic rings. The highest BCUT2D eigenvalue weighted by molar-refractivity contribution is 9.09. The summed E-state index contributed by atoms with van der Waals surface area (Å²) >= 11 is 3.30. The second-order valence-corrected chi connectivity index (χ2v) is 4.06. The van der Waals surface area contributed by atoms with Gasteiger partial charge in [-0.25, -0.2) is 0 Å². The zero-order valence-electron chi connectivity index (χ0n) is 8.50. The lowest BCUT2D eigenvalue weighted by atomic mass is 10.1. The van der Waals surface area contributed by atoms with Crippen molar-refractivity contribution < 1.29 is 14.3 Å². The maximum absolute atomic E-state index is 11.8. The molecule has 0 atom stereocenters. The molecule has 0 fully saturated rings. The van der Waals surface area contributed by atoms with Crippen molar-refractivity contribution in [2.45, 2.75) is 13.8 Å². The Morgan fingerprint density at radius 1 is 1.33 bits per heavy atom. The molecule has 0 N–H and O–H groups in total. The summed E-state index contributed by atoms with van der Waals surface area (Å²) in [6, 6.07) is 0. The number of hydrazine groups is 1. The maximum Gasteiger partial charge on any atom is 0.324 e. The first kappa shape index (κ1) is 10.3. The van der Waals surface area contributed by atoms with Crippen molar-refractivity contribution in [1.82, 2.24) is 5.01 Å². The molecule has 0 saturated carbocycles. The van der Waals surface area contributed by atoms with Gasteiger partial charge in [-0.2, -0.15) is 0 Å². The third-order valence-corrected chi connectivity index (χ3v) is 3.29. The third-order valence-electron chi connectivity index (χ3n) is 2.75. The van der Waals surface area contributed by atoms with Gasteiger partial charge in [0.15, 0.2) is 0 Å². The smallest absolute Gasteiger partial charge is 0.263 e. The van der Waals surface area contributed by atoms with Gasteiger partial charge in [0.2, 0.25) is 11.4 Å². The van der Waals surface area contributed by atoms with E-state index in [-0.39, 0.29) is 11.8 Å². The quantitative estimate of drug-likeness (QED) is 0.308. The van der Waals surface area contributed by atoms with Crippen LogP contribution in [0.3, 0.4) is 0 Å². The van der Waals surface area contributed by atoms with Gasteiger partial charge in [-0.05, 0) is 11.9 Å². The van der Waals surface area contributed by atoms with Crippen molar-refractivity contribution >= 4 is 33.5 Å². The number of alkyl halides is 1. The molecule has 2 rings (SSSR count). The van der Waals surface area contributed by atoms with E-state index in [1.807, 2.05) is 6.92 Å². The lowest BCUT2D eigenvalue weighted by molar-refractivity contribution is -0.596. The number of hydrogen-bond acceptors (Lipinski definition) is 2. The van der Waals surface area contributed by atoms with Gasteiger partial charge in [-0.3, -0.25) is 9.59 Å². The number of amides is 2. The van der Waals surface area contributed by atoms with E-state index in [1.165, 1.54) is 0 Å². The number of halogens is 1. The van der Waals surface area contributed by atoms with Crippen LogP contribution >= 0.6 is 15.9 Å². The van der Waals surface area contributed by atoms with Crippen LogP contribution in [0.2, 0.25) is 0 Å². The minimum atomic E-state index is -0.328. The SMILES string of the molecule is C=C1C(=O)N2C(=O)C(C)=C(C)[N+]2=C1CBr. The molecule has 4 nitrogen and oxygen atoms in total. The fourth-order valence-electron chi connectivity index (χ4n) is 1.74. The Hall–Kier alpha value is -1.23. The number of allylic oxidation sites excluding steroid dienone is 1. The van der Waals surface area contributed by atoms with Crippen LogP contribution < -0.4 is 0 Å². The Balaban J connectivity index is 2.69. The molecule has 0 saturated heterocycles. The summed E-state index contributed by atoms with van der Waals surface area (Å²) in [7, 11) is 0. The van der Waals surface area contributed by atoms with Crippen LogP contribution in [0, 0.1) is 0 Å². The van der Waals surface area contributed by atoms with Crippen LogP contribution in [0.15, 0.2) is 23.4 Å². The molecular weight excluding hydrogens is 260 g/mol. The number of rotatable bonds is 1. The highest BCUT2D eigenvalue weighted by Gasteiger charge is 2.52. The van der Waals surface area contributed by atoms with Crippen LogP contribution in [0.5, 0.6) is 0 Å². The Labute approximate surface area is 95.7 Å². The summed E-state index contributed by atoms with van der Waals surface area (Å²) in [5.74, 6) is -0.583. The van der Waals surface area contributed by atoms with E-state index >= 15 is 0 Å². The molecule has 0 spiro atoms. The lowest BCUT2D eigenvalue weighted by Crippen LogP contribution is -2.34. The fraction of sp³-hybridized carbons (Fsp3) is 0.300. The molecule has 15 heavy (non-hydrogen) atoms. The van der Waals surface area contributed by atoms with Gasteiger partial charge in [-0.15, -0.1) is 0 Å². The van der Waals surface area contributed by atoms with E-state index in [9.17, 15) is 9.59 Å². The number of nitrogens with zero attached hydrogens (tertiary/aromatic N) is 2. The Morgan fingerprint density at radius 2 is 1.93 bits per heavy atom. The van der Waals surface area contributed by atoms with Gasteiger partial charge >= 0.3 is 11.8 Å². The summed E-state index contributed by atoms with van der Waals surface area (Å²) in [5, 5.41) is 1.65. The highest BCUT2D eigenvalue weighted by Crippen LogP contribution is 2.27. The predicted octanol–water partition coefficient (Wildman–Crippen LogP) is 0.982. The Kier molecular flexibility index (Phi) is 2.15. The van der Waals surface area contributed by atoms with Gasteiger partial charge < -0.3 is 0 Å². The summed E-state index contributed by atoms with van der Waals surface area (Å²) in [5.41, 5.74) is 2.52. The van der Waals surface area contributed by atoms with Gasteiger partial charge in [0, 0.05) is 6.92 Å². The molecule has 0 aromatic heterocycles. The topological polar surface area (TPSA) is 40.4 Å². The molecule has 2 amide bonds. The molecule has 2 aliphatic heterocycles. The zero-order valence-corrected chi connectivity index (χ0v) is 10.1. The third kappa shape index (κ3) is 1.10. The molecule has 2 heterocycles. The molecular formula is C10H10BrN2O2+. The lowest BCUT2D eigenvalue weighted by Gasteiger charge is -2.00. The molecule has 0 bridgehead atoms. The molecule has 0 unspecified atom stereocenters. The van der Waals surface area contributed by atoms with Gasteiger partial charge in [0.05, 0.1) is 10.9 Å². The van der Waals surface area contributed by atoms with E-state index in [4.69, 9.17) is 0 Å². The Bertz CT molecular complexity index is 474. The van der Waals surface area contributed by atoms with E-state index in [0.717, 1.165) is 16.4 Å². The largest absolute Gasteiger partial charge is 0.324 e. The van der Waals surface area contributed by atoms with Crippen molar-refractivity contribution in [3.63, 3.8) is 0 Å². The average molecular weight is 270 g/mol. The van der Waals surface area contributed by atoms with Crippen molar-refractivity contribution in [2.24, 2.45) is 0 Å². The van der Waals surface area contributed by atoms with E-state index in [2.05, 4.69) is 22.5 Å². The summed E-state index contributed by atoms with van der Waals surface area (Å²) in [6.45, 7) is 7.23. The van der Waals surface area contributed by atoms with E-state index in [0.29, 0.717) is 16.5 Å². The first-order valence-corrected chi connectivity index (χ1v) is 5.60. The molecule has 2 aliphatic rings. The second kappa shape index (κ2) is 3.13. The second-order valence-electron chi connectivity index (χ2n) is 3.50. The molecule has 0 radical (unpaired) electrons. The minimum Gasteiger partial charge on any atom is -0.263 e. The average Bonchev–Trinajstić information content (AvgIpc) is 2.59. The monoisotopic (exact) mass is 269 g/mol. The number of carbonyl (C=O) groups excluding carboxylic acids is 2. The number of carbonyl (C=O) groups is 2. The first-order valence-electron chi connectivity index (χ1n) is 4.48. The Morgan fingerprint density at radius 3 is 2.47 bits per heavy atom. The van der Waals surface area contributed by atoms with Gasteiger partial charge in [0.25, 0.3) is 0 Å². The van der Waals surface area contributed by atoms with Crippen molar-refractivity contribution in [1.29, 1.82) is 0 Å².